The van der Waals surface area contributed by atoms with Gasteiger partial charge in [-0.2, -0.15) is 4.98 Å². The maximum absolute atomic E-state index is 11.3. The van der Waals surface area contributed by atoms with E-state index >= 15 is 0 Å². The quantitative estimate of drug-likeness (QED) is 0.786. The Balaban J connectivity index is 1.91. The standard InChI is InChI=1S/C11H12N4O3/c1-17-11(16)8-2-4-12-10(6-8)13-5-3-9-14-7-18-15-9/h2,4,6-7H,3,5H2,1H3,(H,12,13). The van der Waals surface area contributed by atoms with Gasteiger partial charge in [-0.25, -0.2) is 9.78 Å². The van der Waals surface area contributed by atoms with Gasteiger partial charge in [-0.05, 0) is 12.1 Å². The highest BCUT2D eigenvalue weighted by Crippen LogP contribution is 2.07. The lowest BCUT2D eigenvalue weighted by Crippen LogP contribution is -2.09. The number of carbonyl (C=O) groups is 1. The molecule has 0 bridgehead atoms. The van der Waals surface area contributed by atoms with Crippen molar-refractivity contribution in [3.8, 4) is 0 Å². The third-order valence-electron chi connectivity index (χ3n) is 2.24. The second-order valence-corrected chi connectivity index (χ2v) is 3.45. The van der Waals surface area contributed by atoms with E-state index in [4.69, 9.17) is 0 Å². The lowest BCUT2D eigenvalue weighted by molar-refractivity contribution is 0.0600. The zero-order valence-corrected chi connectivity index (χ0v) is 9.79. The molecule has 7 heteroatoms. The van der Waals surface area contributed by atoms with Crippen LogP contribution in [0.4, 0.5) is 5.82 Å². The number of carbonyl (C=O) groups excluding carboxylic acids is 1. The molecule has 0 atom stereocenters. The number of rotatable bonds is 5. The zero-order valence-electron chi connectivity index (χ0n) is 9.79. The number of ether oxygens (including phenoxy) is 1. The number of hydrogen-bond acceptors (Lipinski definition) is 7. The molecule has 0 fully saturated rings. The summed E-state index contributed by atoms with van der Waals surface area (Å²) in [6, 6.07) is 3.22. The SMILES string of the molecule is COC(=O)c1ccnc(NCCc2ncon2)c1. The van der Waals surface area contributed by atoms with Crippen molar-refractivity contribution in [3.63, 3.8) is 0 Å². The Morgan fingerprint density at radius 1 is 1.50 bits per heavy atom. The molecule has 0 saturated heterocycles. The summed E-state index contributed by atoms with van der Waals surface area (Å²) in [4.78, 5) is 19.3. The number of aromatic nitrogens is 3. The van der Waals surface area contributed by atoms with Crippen LogP contribution in [0.15, 0.2) is 29.2 Å². The van der Waals surface area contributed by atoms with E-state index in [1.807, 2.05) is 0 Å². The molecule has 0 aromatic carbocycles. The second-order valence-electron chi connectivity index (χ2n) is 3.45. The molecule has 7 nitrogen and oxygen atoms in total. The fraction of sp³-hybridized carbons (Fsp3) is 0.273. The highest BCUT2D eigenvalue weighted by atomic mass is 16.5. The van der Waals surface area contributed by atoms with Crippen LogP contribution >= 0.6 is 0 Å². The molecule has 0 unspecified atom stereocenters. The first-order valence-electron chi connectivity index (χ1n) is 5.33. The second kappa shape index (κ2) is 5.76. The van der Waals surface area contributed by atoms with E-state index in [0.717, 1.165) is 0 Å². The predicted molar refractivity (Wildman–Crippen MR) is 62.1 cm³/mol. The number of pyridine rings is 1. The average molecular weight is 248 g/mol. The fourth-order valence-corrected chi connectivity index (χ4v) is 1.38. The molecule has 2 aromatic heterocycles. The summed E-state index contributed by atoms with van der Waals surface area (Å²) in [7, 11) is 1.34. The van der Waals surface area contributed by atoms with Crippen LogP contribution in [0.2, 0.25) is 0 Å². The van der Waals surface area contributed by atoms with Crippen molar-refractivity contribution in [2.45, 2.75) is 6.42 Å². The molecule has 0 aliphatic heterocycles. The third kappa shape index (κ3) is 3.03. The molecule has 18 heavy (non-hydrogen) atoms. The topological polar surface area (TPSA) is 90.1 Å². The van der Waals surface area contributed by atoms with Gasteiger partial charge in [-0.1, -0.05) is 5.16 Å². The van der Waals surface area contributed by atoms with Crippen LogP contribution in [-0.2, 0) is 11.2 Å². The Hall–Kier alpha value is -2.44. The Morgan fingerprint density at radius 2 is 2.39 bits per heavy atom. The van der Waals surface area contributed by atoms with Crippen molar-refractivity contribution in [1.82, 2.24) is 15.1 Å². The van der Waals surface area contributed by atoms with Gasteiger partial charge in [-0.15, -0.1) is 0 Å². The number of nitrogens with one attached hydrogen (secondary N) is 1. The number of methoxy groups -OCH3 is 1. The van der Waals surface area contributed by atoms with E-state index in [1.165, 1.54) is 13.5 Å². The van der Waals surface area contributed by atoms with Gasteiger partial charge in [-0.3, -0.25) is 0 Å². The molecule has 0 aliphatic rings. The summed E-state index contributed by atoms with van der Waals surface area (Å²) in [6.45, 7) is 0.594. The van der Waals surface area contributed by atoms with Crippen LogP contribution in [0.1, 0.15) is 16.2 Å². The minimum absolute atomic E-state index is 0.390. The van der Waals surface area contributed by atoms with Gasteiger partial charge in [0.25, 0.3) is 0 Å². The number of nitrogens with zero attached hydrogens (tertiary/aromatic N) is 3. The fourth-order valence-electron chi connectivity index (χ4n) is 1.38. The van der Waals surface area contributed by atoms with Crippen LogP contribution in [0, 0.1) is 0 Å². The number of hydrogen-bond donors (Lipinski definition) is 1. The first kappa shape index (κ1) is 12.0. The predicted octanol–water partition coefficient (Wildman–Crippen LogP) is 0.906. The van der Waals surface area contributed by atoms with E-state index in [1.54, 1.807) is 18.3 Å². The molecule has 0 spiro atoms. The molecule has 0 saturated carbocycles. The molecular weight excluding hydrogens is 236 g/mol. The first-order valence-corrected chi connectivity index (χ1v) is 5.33. The maximum atomic E-state index is 11.3. The molecule has 0 aliphatic carbocycles. The average Bonchev–Trinajstić information content (AvgIpc) is 2.91. The van der Waals surface area contributed by atoms with Crippen molar-refractivity contribution in [3.05, 3.63) is 36.1 Å². The van der Waals surface area contributed by atoms with Gasteiger partial charge < -0.3 is 14.6 Å². The lowest BCUT2D eigenvalue weighted by atomic mass is 10.2. The van der Waals surface area contributed by atoms with Crippen molar-refractivity contribution in [1.29, 1.82) is 0 Å². The van der Waals surface area contributed by atoms with Crippen LogP contribution in [0.5, 0.6) is 0 Å². The van der Waals surface area contributed by atoms with Gasteiger partial charge in [0, 0.05) is 19.2 Å². The van der Waals surface area contributed by atoms with Gasteiger partial charge in [0.15, 0.2) is 5.82 Å². The minimum atomic E-state index is -0.390. The van der Waals surface area contributed by atoms with Crippen LogP contribution < -0.4 is 5.32 Å². The summed E-state index contributed by atoms with van der Waals surface area (Å²) < 4.78 is 9.24. The van der Waals surface area contributed by atoms with Crippen molar-refractivity contribution in [2.75, 3.05) is 19.0 Å². The molecule has 2 heterocycles. The van der Waals surface area contributed by atoms with E-state index in [0.29, 0.717) is 30.2 Å². The maximum Gasteiger partial charge on any atom is 0.338 e. The molecule has 1 N–H and O–H groups in total. The van der Waals surface area contributed by atoms with Gasteiger partial charge in [0.1, 0.15) is 5.82 Å². The van der Waals surface area contributed by atoms with Crippen molar-refractivity contribution < 1.29 is 14.1 Å². The van der Waals surface area contributed by atoms with Gasteiger partial charge in [0.2, 0.25) is 6.39 Å². The highest BCUT2D eigenvalue weighted by Gasteiger charge is 2.06. The molecule has 94 valence electrons. The summed E-state index contributed by atoms with van der Waals surface area (Å²) in [5, 5.41) is 6.75. The minimum Gasteiger partial charge on any atom is -0.465 e. The van der Waals surface area contributed by atoms with E-state index in [9.17, 15) is 4.79 Å². The van der Waals surface area contributed by atoms with Crippen LogP contribution in [0.3, 0.4) is 0 Å². The number of anilines is 1. The Bertz CT molecular complexity index is 513. The molecule has 0 amide bonds. The van der Waals surface area contributed by atoms with Crippen LogP contribution in [0.25, 0.3) is 0 Å². The summed E-state index contributed by atoms with van der Waals surface area (Å²) in [5.41, 5.74) is 0.453. The van der Waals surface area contributed by atoms with E-state index < -0.39 is 5.97 Å². The first-order chi connectivity index (χ1) is 8.79. The summed E-state index contributed by atoms with van der Waals surface area (Å²) in [6.07, 6.45) is 3.44. The summed E-state index contributed by atoms with van der Waals surface area (Å²) in [5.74, 6) is 0.826. The Labute approximate surface area is 103 Å². The van der Waals surface area contributed by atoms with E-state index in [-0.39, 0.29) is 0 Å². The monoisotopic (exact) mass is 248 g/mol. The van der Waals surface area contributed by atoms with Crippen LogP contribution in [-0.4, -0.2) is 34.7 Å². The summed E-state index contributed by atoms with van der Waals surface area (Å²) >= 11 is 0. The molecule has 2 aromatic rings. The number of esters is 1. The molecule has 0 radical (unpaired) electrons. The van der Waals surface area contributed by atoms with E-state index in [2.05, 4.69) is 29.7 Å². The smallest absolute Gasteiger partial charge is 0.338 e. The molecular formula is C11H12N4O3. The van der Waals surface area contributed by atoms with Gasteiger partial charge in [0.05, 0.1) is 12.7 Å². The zero-order chi connectivity index (χ0) is 12.8. The highest BCUT2D eigenvalue weighted by molar-refractivity contribution is 5.89. The normalized spacial score (nSPS) is 10.1. The lowest BCUT2D eigenvalue weighted by Gasteiger charge is -2.05. The van der Waals surface area contributed by atoms with Crippen molar-refractivity contribution in [2.24, 2.45) is 0 Å². The third-order valence-corrected chi connectivity index (χ3v) is 2.24. The Morgan fingerprint density at radius 3 is 3.11 bits per heavy atom. The Kier molecular flexibility index (Phi) is 3.85. The van der Waals surface area contributed by atoms with Crippen molar-refractivity contribution >= 4 is 11.8 Å². The van der Waals surface area contributed by atoms with Gasteiger partial charge >= 0.3 is 5.97 Å². The molecule has 2 rings (SSSR count). The largest absolute Gasteiger partial charge is 0.465 e.